The molecular weight excluding hydrogens is 540 g/mol. The lowest BCUT2D eigenvalue weighted by atomic mass is 9.91. The number of carbonyl (C=O) groups excluding carboxylic acids is 3. The summed E-state index contributed by atoms with van der Waals surface area (Å²) in [5, 5.41) is 9.35. The Bertz CT molecular complexity index is 856. The van der Waals surface area contributed by atoms with Gasteiger partial charge in [-0.2, -0.15) is 11.8 Å². The van der Waals surface area contributed by atoms with Crippen LogP contribution in [0, 0.1) is 11.8 Å². The van der Waals surface area contributed by atoms with Gasteiger partial charge in [-0.05, 0) is 36.0 Å². The first-order valence-electron chi connectivity index (χ1n) is 13.7. The van der Waals surface area contributed by atoms with Crippen molar-refractivity contribution in [2.45, 2.75) is 71.0 Å². The number of rotatable bonds is 14. The van der Waals surface area contributed by atoms with Gasteiger partial charge in [-0.3, -0.25) is 14.4 Å². The van der Waals surface area contributed by atoms with Gasteiger partial charge in [0.1, 0.15) is 12.1 Å². The fraction of sp³-hybridized carbons (Fsp3) is 0.679. The number of nitrogens with zero attached hydrogens (tertiary/aromatic N) is 1. The summed E-state index contributed by atoms with van der Waals surface area (Å²) in [5.41, 5.74) is 1.20. The van der Waals surface area contributed by atoms with Crippen molar-refractivity contribution in [3.63, 3.8) is 0 Å². The Balaban J connectivity index is 0.00000507. The van der Waals surface area contributed by atoms with Gasteiger partial charge in [0.05, 0.1) is 5.88 Å². The van der Waals surface area contributed by atoms with Crippen LogP contribution in [0.2, 0.25) is 0 Å². The zero-order valence-corrected chi connectivity index (χ0v) is 25.2. The van der Waals surface area contributed by atoms with Gasteiger partial charge in [-0.15, -0.1) is 24.2 Å². The second-order valence-corrected chi connectivity index (χ2v) is 12.6. The minimum atomic E-state index is -0.608. The molecule has 0 aromatic heterocycles. The molecule has 0 radical (unpaired) electrons. The molecule has 1 heterocycles. The Morgan fingerprint density at radius 2 is 1.82 bits per heavy atom. The number of halogens is 1. The maximum atomic E-state index is 13.2. The van der Waals surface area contributed by atoms with E-state index in [2.05, 4.69) is 28.1 Å². The number of hydrogen-bond donors (Lipinski definition) is 3. The van der Waals surface area contributed by atoms with Crippen LogP contribution in [0.4, 0.5) is 0 Å². The molecule has 1 aromatic carbocycles. The molecule has 3 amide bonds. The van der Waals surface area contributed by atoms with E-state index < -0.39 is 12.1 Å². The molecule has 3 N–H and O–H groups in total. The largest absolute Gasteiger partial charge is 0.353 e. The minimum Gasteiger partial charge on any atom is -0.353 e. The van der Waals surface area contributed by atoms with E-state index in [1.54, 1.807) is 28.4 Å². The van der Waals surface area contributed by atoms with E-state index >= 15 is 0 Å². The second kappa shape index (κ2) is 18.0. The molecule has 1 aromatic rings. The van der Waals surface area contributed by atoms with Crippen molar-refractivity contribution in [1.82, 2.24) is 20.9 Å². The van der Waals surface area contributed by atoms with E-state index in [1.807, 2.05) is 32.0 Å². The summed E-state index contributed by atoms with van der Waals surface area (Å²) in [6, 6.07) is 9.03. The van der Waals surface area contributed by atoms with Crippen LogP contribution in [0.5, 0.6) is 0 Å². The van der Waals surface area contributed by atoms with Crippen molar-refractivity contribution in [3.05, 3.63) is 35.9 Å². The van der Waals surface area contributed by atoms with Gasteiger partial charge in [0.25, 0.3) is 0 Å². The summed E-state index contributed by atoms with van der Waals surface area (Å²) < 4.78 is 0. The molecule has 7 nitrogen and oxygen atoms in total. The molecule has 0 bridgehead atoms. The van der Waals surface area contributed by atoms with Crippen molar-refractivity contribution in [2.75, 3.05) is 36.2 Å². The van der Waals surface area contributed by atoms with E-state index in [4.69, 9.17) is 0 Å². The van der Waals surface area contributed by atoms with Gasteiger partial charge in [-0.25, -0.2) is 0 Å². The van der Waals surface area contributed by atoms with Gasteiger partial charge < -0.3 is 20.9 Å². The van der Waals surface area contributed by atoms with Crippen LogP contribution in [0.1, 0.15) is 57.9 Å². The van der Waals surface area contributed by atoms with E-state index in [1.165, 1.54) is 37.7 Å². The number of amides is 3. The summed E-state index contributed by atoms with van der Waals surface area (Å²) in [6.45, 7) is 5.90. The third kappa shape index (κ3) is 11.4. The van der Waals surface area contributed by atoms with Gasteiger partial charge in [0, 0.05) is 37.6 Å². The lowest BCUT2D eigenvalue weighted by molar-refractivity contribution is -0.139. The number of thioether (sulfide) groups is 2. The smallest absolute Gasteiger partial charge is 0.244 e. The monoisotopic (exact) mass is 584 g/mol. The normalized spacial score (nSPS) is 18.6. The summed E-state index contributed by atoms with van der Waals surface area (Å²) >= 11 is 3.35. The summed E-state index contributed by atoms with van der Waals surface area (Å²) in [5.74, 6) is 3.26. The third-order valence-corrected chi connectivity index (χ3v) is 9.15. The molecule has 1 aliphatic carbocycles. The Labute approximate surface area is 243 Å². The van der Waals surface area contributed by atoms with E-state index in [0.717, 1.165) is 12.3 Å². The Kier molecular flexibility index (Phi) is 15.6. The number of hydrogen-bond acceptors (Lipinski definition) is 6. The molecule has 2 atom stereocenters. The minimum absolute atomic E-state index is 0. The standard InChI is InChI=1S/C28H44N4O3S2.ClH/c1-21(2)15-26(33)32-20-37-19-25(32)28(35)31-24(18-36-17-23-11-7-4-8-12-23)27(34)30-14-13-29-16-22-9-5-3-6-10-22;/h3,5-6,9-10,21,23-25,29H,4,7-8,11-20H2,1-2H3,(H,30,34)(H,31,35);1H/t24-,25-;/m0./s1. The van der Waals surface area contributed by atoms with Crippen molar-refractivity contribution < 1.29 is 14.4 Å². The number of carbonyl (C=O) groups is 3. The molecule has 2 fully saturated rings. The predicted molar refractivity (Wildman–Crippen MR) is 162 cm³/mol. The Morgan fingerprint density at radius 1 is 1.08 bits per heavy atom. The fourth-order valence-corrected chi connectivity index (χ4v) is 7.21. The van der Waals surface area contributed by atoms with Crippen LogP contribution in [-0.4, -0.2) is 70.9 Å². The molecule has 10 heteroatoms. The van der Waals surface area contributed by atoms with Crippen molar-refractivity contribution in [3.8, 4) is 0 Å². The first kappa shape index (κ1) is 32.8. The number of benzene rings is 1. The second-order valence-electron chi connectivity index (χ2n) is 10.5. The average Bonchev–Trinajstić information content (AvgIpc) is 3.39. The topological polar surface area (TPSA) is 90.5 Å². The molecule has 1 aliphatic heterocycles. The van der Waals surface area contributed by atoms with E-state index in [0.29, 0.717) is 42.8 Å². The summed E-state index contributed by atoms with van der Waals surface area (Å²) in [6.07, 6.45) is 6.86. The van der Waals surface area contributed by atoms with Crippen LogP contribution in [0.25, 0.3) is 0 Å². The SMILES string of the molecule is CC(C)CC(=O)N1CSC[C@H]1C(=O)N[C@@H](CSCC1CCCCC1)C(=O)NCCNCc1ccccc1.Cl. The summed E-state index contributed by atoms with van der Waals surface area (Å²) in [4.78, 5) is 40.7. The average molecular weight is 585 g/mol. The molecule has 2 aliphatic rings. The lowest BCUT2D eigenvalue weighted by Gasteiger charge is -2.27. The van der Waals surface area contributed by atoms with Crippen molar-refractivity contribution in [1.29, 1.82) is 0 Å². The highest BCUT2D eigenvalue weighted by Crippen LogP contribution is 2.27. The van der Waals surface area contributed by atoms with Crippen LogP contribution in [0.15, 0.2) is 30.3 Å². The first-order valence-corrected chi connectivity index (χ1v) is 16.0. The fourth-order valence-electron chi connectivity index (χ4n) is 4.76. The van der Waals surface area contributed by atoms with Crippen LogP contribution in [0.3, 0.4) is 0 Å². The molecule has 1 saturated heterocycles. The molecular formula is C28H45ClN4O3S2. The van der Waals surface area contributed by atoms with Gasteiger partial charge in [0.2, 0.25) is 17.7 Å². The van der Waals surface area contributed by atoms with Crippen molar-refractivity contribution in [2.24, 2.45) is 11.8 Å². The predicted octanol–water partition coefficient (Wildman–Crippen LogP) is 4.06. The van der Waals surface area contributed by atoms with Crippen LogP contribution < -0.4 is 16.0 Å². The third-order valence-electron chi connectivity index (χ3n) is 6.86. The van der Waals surface area contributed by atoms with E-state index in [-0.39, 0.29) is 36.0 Å². The molecule has 0 spiro atoms. The Morgan fingerprint density at radius 3 is 2.53 bits per heavy atom. The van der Waals surface area contributed by atoms with Crippen LogP contribution in [-0.2, 0) is 20.9 Å². The molecule has 1 saturated carbocycles. The van der Waals surface area contributed by atoms with Crippen molar-refractivity contribution >= 4 is 53.7 Å². The number of nitrogens with one attached hydrogen (secondary N) is 3. The highest BCUT2D eigenvalue weighted by atomic mass is 35.5. The summed E-state index contributed by atoms with van der Waals surface area (Å²) in [7, 11) is 0. The molecule has 38 heavy (non-hydrogen) atoms. The Hall–Kier alpha value is -1.42. The zero-order chi connectivity index (χ0) is 26.5. The molecule has 0 unspecified atom stereocenters. The molecule has 3 rings (SSSR count). The highest BCUT2D eigenvalue weighted by molar-refractivity contribution is 7.99. The zero-order valence-electron chi connectivity index (χ0n) is 22.8. The van der Waals surface area contributed by atoms with Gasteiger partial charge in [0.15, 0.2) is 0 Å². The van der Waals surface area contributed by atoms with E-state index in [9.17, 15) is 14.4 Å². The van der Waals surface area contributed by atoms with Gasteiger partial charge in [-0.1, -0.05) is 63.4 Å². The van der Waals surface area contributed by atoms with Crippen LogP contribution >= 0.6 is 35.9 Å². The maximum Gasteiger partial charge on any atom is 0.244 e. The maximum absolute atomic E-state index is 13.2. The van der Waals surface area contributed by atoms with Gasteiger partial charge >= 0.3 is 0 Å². The lowest BCUT2D eigenvalue weighted by Crippen LogP contribution is -2.55. The quantitative estimate of drug-likeness (QED) is 0.286. The highest BCUT2D eigenvalue weighted by Gasteiger charge is 2.36. The molecule has 214 valence electrons. The first-order chi connectivity index (χ1) is 17.9.